The van der Waals surface area contributed by atoms with Gasteiger partial charge in [-0.2, -0.15) is 0 Å². The summed E-state index contributed by atoms with van der Waals surface area (Å²) >= 11 is 7.28. The van der Waals surface area contributed by atoms with Crippen LogP contribution in [0.15, 0.2) is 30.3 Å². The van der Waals surface area contributed by atoms with Crippen molar-refractivity contribution < 1.29 is 14.6 Å². The molecule has 0 saturated carbocycles. The lowest BCUT2D eigenvalue weighted by molar-refractivity contribution is 0.0933. The van der Waals surface area contributed by atoms with Crippen molar-refractivity contribution in [2.24, 2.45) is 5.73 Å². The van der Waals surface area contributed by atoms with Gasteiger partial charge in [0.25, 0.3) is 5.91 Å². The first kappa shape index (κ1) is 20.3. The number of thiazole rings is 1. The van der Waals surface area contributed by atoms with E-state index in [2.05, 4.69) is 15.3 Å². The van der Waals surface area contributed by atoms with Crippen molar-refractivity contribution in [2.45, 2.75) is 19.6 Å². The molecule has 0 saturated heterocycles. The Labute approximate surface area is 171 Å². The third-order valence-corrected chi connectivity index (χ3v) is 5.78. The van der Waals surface area contributed by atoms with E-state index >= 15 is 0 Å². The molecule has 0 spiro atoms. The van der Waals surface area contributed by atoms with Crippen molar-refractivity contribution in [1.82, 2.24) is 15.3 Å². The second-order valence-electron chi connectivity index (χ2n) is 6.11. The molecule has 7 nitrogen and oxygen atoms in total. The molecule has 0 aliphatic heterocycles. The largest absolute Gasteiger partial charge is 0.494 e. The molecule has 1 unspecified atom stereocenters. The molecule has 28 heavy (non-hydrogen) atoms. The fraction of sp³-hybridized carbons (Fsp3) is 0.263. The summed E-state index contributed by atoms with van der Waals surface area (Å²) in [5.74, 6) is 0.219. The number of benzene rings is 1. The van der Waals surface area contributed by atoms with Crippen LogP contribution in [-0.2, 0) is 6.61 Å². The van der Waals surface area contributed by atoms with Crippen LogP contribution in [0.2, 0.25) is 5.02 Å². The number of amides is 1. The summed E-state index contributed by atoms with van der Waals surface area (Å²) in [6, 6.07) is 8.41. The Hall–Kier alpha value is -2.39. The molecule has 2 heterocycles. The Bertz CT molecular complexity index is 968. The number of hydrogen-bond donors (Lipinski definition) is 4. The van der Waals surface area contributed by atoms with E-state index in [9.17, 15) is 9.90 Å². The number of carbonyl (C=O) groups excluding carboxylic acids is 1. The van der Waals surface area contributed by atoms with E-state index in [0.717, 1.165) is 16.1 Å². The number of rotatable bonds is 7. The summed E-state index contributed by atoms with van der Waals surface area (Å²) in [6.07, 6.45) is 0. The predicted molar refractivity (Wildman–Crippen MR) is 110 cm³/mol. The van der Waals surface area contributed by atoms with Gasteiger partial charge in [-0.15, -0.1) is 11.3 Å². The van der Waals surface area contributed by atoms with Crippen LogP contribution in [0, 0.1) is 6.92 Å². The first-order valence-electron chi connectivity index (χ1n) is 8.57. The Morgan fingerprint density at radius 2 is 2.14 bits per heavy atom. The van der Waals surface area contributed by atoms with Gasteiger partial charge in [0.15, 0.2) is 0 Å². The normalized spacial score (nSPS) is 12.0. The first-order chi connectivity index (χ1) is 13.5. The lowest BCUT2D eigenvalue weighted by atomic mass is 10.1. The molecule has 148 valence electrons. The van der Waals surface area contributed by atoms with E-state index in [1.807, 2.05) is 19.1 Å². The fourth-order valence-corrected chi connectivity index (χ4v) is 3.87. The number of aryl methyl sites for hydroxylation is 1. The van der Waals surface area contributed by atoms with Gasteiger partial charge in [0, 0.05) is 23.2 Å². The fourth-order valence-electron chi connectivity index (χ4n) is 2.75. The van der Waals surface area contributed by atoms with Crippen LogP contribution >= 0.6 is 22.9 Å². The topological polar surface area (TPSA) is 113 Å². The summed E-state index contributed by atoms with van der Waals surface area (Å²) in [7, 11) is 1.54. The Morgan fingerprint density at radius 1 is 1.43 bits per heavy atom. The highest BCUT2D eigenvalue weighted by molar-refractivity contribution is 7.11. The van der Waals surface area contributed by atoms with Crippen molar-refractivity contribution in [3.05, 3.63) is 56.6 Å². The van der Waals surface area contributed by atoms with Crippen LogP contribution in [0.1, 0.15) is 32.1 Å². The molecule has 3 rings (SSSR count). The minimum atomic E-state index is -0.454. The van der Waals surface area contributed by atoms with Crippen LogP contribution < -0.4 is 15.8 Å². The van der Waals surface area contributed by atoms with Crippen LogP contribution in [0.4, 0.5) is 0 Å². The van der Waals surface area contributed by atoms with Crippen LogP contribution in [0.3, 0.4) is 0 Å². The number of aliphatic hydroxyl groups is 1. The molecular formula is C19H21ClN4O3S. The summed E-state index contributed by atoms with van der Waals surface area (Å²) in [5.41, 5.74) is 8.45. The summed E-state index contributed by atoms with van der Waals surface area (Å²) < 4.78 is 5.40. The minimum absolute atomic E-state index is 0.0903. The minimum Gasteiger partial charge on any atom is -0.494 e. The summed E-state index contributed by atoms with van der Waals surface area (Å²) in [6.45, 7) is 1.91. The van der Waals surface area contributed by atoms with E-state index in [-0.39, 0.29) is 19.1 Å². The first-order valence-corrected chi connectivity index (χ1v) is 9.77. The van der Waals surface area contributed by atoms with Crippen molar-refractivity contribution in [1.29, 1.82) is 0 Å². The van der Waals surface area contributed by atoms with Gasteiger partial charge in [-0.3, -0.25) is 4.79 Å². The highest BCUT2D eigenvalue weighted by Crippen LogP contribution is 2.31. The molecule has 1 aromatic carbocycles. The highest BCUT2D eigenvalue weighted by atomic mass is 35.5. The number of nitrogens with zero attached hydrogens (tertiary/aromatic N) is 1. The number of aromatic nitrogens is 2. The molecule has 0 aliphatic carbocycles. The Balaban J connectivity index is 1.84. The molecule has 3 aromatic rings. The molecular weight excluding hydrogens is 400 g/mol. The number of carbonyl (C=O) groups is 1. The van der Waals surface area contributed by atoms with E-state index < -0.39 is 6.04 Å². The highest BCUT2D eigenvalue weighted by Gasteiger charge is 2.22. The molecule has 9 heteroatoms. The number of nitrogens with two attached hydrogens (primary N) is 1. The second kappa shape index (κ2) is 8.74. The number of H-pyrrole nitrogens is 1. The maximum Gasteiger partial charge on any atom is 0.268 e. The average molecular weight is 421 g/mol. The Morgan fingerprint density at radius 3 is 2.71 bits per heavy atom. The molecule has 0 aliphatic rings. The zero-order valence-electron chi connectivity index (χ0n) is 15.5. The molecule has 5 N–H and O–H groups in total. The van der Waals surface area contributed by atoms with Crippen LogP contribution in [0.5, 0.6) is 5.75 Å². The molecule has 2 aromatic heterocycles. The third-order valence-electron chi connectivity index (χ3n) is 4.27. The number of ether oxygens (including phenoxy) is 1. The quantitative estimate of drug-likeness (QED) is 0.469. The van der Waals surface area contributed by atoms with E-state index in [4.69, 9.17) is 22.1 Å². The summed E-state index contributed by atoms with van der Waals surface area (Å²) in [4.78, 5) is 21.0. The predicted octanol–water partition coefficient (Wildman–Crippen LogP) is 3.03. The molecule has 0 fully saturated rings. The van der Waals surface area contributed by atoms with E-state index in [1.165, 1.54) is 11.3 Å². The molecule has 1 atom stereocenters. The monoisotopic (exact) mass is 420 g/mol. The van der Waals surface area contributed by atoms with Gasteiger partial charge in [0.05, 0.1) is 36.0 Å². The number of aromatic amines is 1. The van der Waals surface area contributed by atoms with Gasteiger partial charge < -0.3 is 25.9 Å². The smallest absolute Gasteiger partial charge is 0.268 e. The number of hydrogen-bond acceptors (Lipinski definition) is 6. The lowest BCUT2D eigenvalue weighted by Crippen LogP contribution is -2.33. The van der Waals surface area contributed by atoms with Crippen molar-refractivity contribution in [2.75, 3.05) is 13.7 Å². The van der Waals surface area contributed by atoms with Crippen molar-refractivity contribution in [3.63, 3.8) is 0 Å². The summed E-state index contributed by atoms with van der Waals surface area (Å²) in [5, 5.41) is 13.5. The van der Waals surface area contributed by atoms with Gasteiger partial charge in [0.2, 0.25) is 0 Å². The van der Waals surface area contributed by atoms with Crippen LogP contribution in [-0.4, -0.2) is 34.6 Å². The van der Waals surface area contributed by atoms with Gasteiger partial charge in [-0.25, -0.2) is 4.98 Å². The number of halogens is 1. The van der Waals surface area contributed by atoms with Gasteiger partial charge in [-0.05, 0) is 19.1 Å². The van der Waals surface area contributed by atoms with Gasteiger partial charge in [-0.1, -0.05) is 23.7 Å². The Kier molecular flexibility index (Phi) is 6.35. The maximum absolute atomic E-state index is 12.8. The van der Waals surface area contributed by atoms with E-state index in [0.29, 0.717) is 27.2 Å². The third kappa shape index (κ3) is 4.20. The second-order valence-corrected chi connectivity index (χ2v) is 7.67. The van der Waals surface area contributed by atoms with Crippen molar-refractivity contribution in [3.8, 4) is 17.0 Å². The maximum atomic E-state index is 12.8. The standard InChI is InChI=1S/C19H21ClN4O3S/c1-10-16(9-25)28-19(22-10)14(8-21)24-18(26)13-7-15(27-2)17(23-13)11-3-5-12(20)6-4-11/h3-7,14,23,25H,8-9,21H2,1-2H3,(H,24,26). The van der Waals surface area contributed by atoms with Crippen LogP contribution in [0.25, 0.3) is 11.3 Å². The van der Waals surface area contributed by atoms with Gasteiger partial charge >= 0.3 is 0 Å². The number of aliphatic hydroxyl groups excluding tert-OH is 1. The zero-order chi connectivity index (χ0) is 20.3. The lowest BCUT2D eigenvalue weighted by Gasteiger charge is -2.13. The number of nitrogens with one attached hydrogen (secondary N) is 2. The molecule has 0 radical (unpaired) electrons. The zero-order valence-corrected chi connectivity index (χ0v) is 17.0. The number of methoxy groups -OCH3 is 1. The van der Waals surface area contributed by atoms with Crippen molar-refractivity contribution >= 4 is 28.8 Å². The van der Waals surface area contributed by atoms with Gasteiger partial charge in [0.1, 0.15) is 16.5 Å². The average Bonchev–Trinajstić information content (AvgIpc) is 3.30. The van der Waals surface area contributed by atoms with E-state index in [1.54, 1.807) is 25.3 Å². The molecule has 1 amide bonds. The molecule has 0 bridgehead atoms. The SMILES string of the molecule is COc1cc(C(=O)NC(CN)c2nc(C)c(CO)s2)[nH]c1-c1ccc(Cl)cc1.